The lowest BCUT2D eigenvalue weighted by Crippen LogP contribution is -2.45. The molecule has 1 nitrogen and oxygen atoms in total. The second-order valence-corrected chi connectivity index (χ2v) is 7.77. The third-order valence-electron chi connectivity index (χ3n) is 4.89. The van der Waals surface area contributed by atoms with E-state index in [4.69, 9.17) is 0 Å². The summed E-state index contributed by atoms with van der Waals surface area (Å²) in [7, 11) is 0. The Morgan fingerprint density at radius 3 is 2.47 bits per heavy atom. The molecule has 19 heavy (non-hydrogen) atoms. The van der Waals surface area contributed by atoms with Crippen LogP contribution < -0.4 is 5.32 Å². The van der Waals surface area contributed by atoms with Crippen molar-refractivity contribution in [3.05, 3.63) is 34.3 Å². The van der Waals surface area contributed by atoms with Gasteiger partial charge in [0.15, 0.2) is 0 Å². The van der Waals surface area contributed by atoms with Crippen LogP contribution in [0.2, 0.25) is 0 Å². The van der Waals surface area contributed by atoms with Gasteiger partial charge in [0.2, 0.25) is 0 Å². The normalized spacial score (nSPS) is 23.5. The van der Waals surface area contributed by atoms with Crippen LogP contribution in [-0.4, -0.2) is 12.6 Å². The van der Waals surface area contributed by atoms with Crippen molar-refractivity contribution in [2.75, 3.05) is 6.54 Å². The highest BCUT2D eigenvalue weighted by Gasteiger charge is 2.32. The Bertz CT molecular complexity index is 419. The zero-order chi connectivity index (χ0) is 14.0. The zero-order valence-electron chi connectivity index (χ0n) is 12.5. The summed E-state index contributed by atoms with van der Waals surface area (Å²) in [6, 6.07) is 9.34. The molecule has 0 saturated heterocycles. The molecule has 1 aliphatic carbocycles. The molecule has 1 aliphatic rings. The third kappa shape index (κ3) is 3.61. The minimum Gasteiger partial charge on any atom is -0.313 e. The van der Waals surface area contributed by atoms with Gasteiger partial charge in [-0.05, 0) is 41.7 Å². The van der Waals surface area contributed by atoms with Gasteiger partial charge in [0.25, 0.3) is 0 Å². The molecule has 106 valence electrons. The molecular weight excluding hydrogens is 298 g/mol. The van der Waals surface area contributed by atoms with Crippen molar-refractivity contribution in [3.63, 3.8) is 0 Å². The van der Waals surface area contributed by atoms with E-state index < -0.39 is 0 Å². The van der Waals surface area contributed by atoms with Gasteiger partial charge < -0.3 is 5.32 Å². The first-order valence-electron chi connectivity index (χ1n) is 7.38. The van der Waals surface area contributed by atoms with Crippen LogP contribution in [0, 0.1) is 11.3 Å². The van der Waals surface area contributed by atoms with Crippen molar-refractivity contribution < 1.29 is 0 Å². The van der Waals surface area contributed by atoms with E-state index in [1.807, 2.05) is 0 Å². The van der Waals surface area contributed by atoms with Crippen LogP contribution in [0.15, 0.2) is 28.7 Å². The van der Waals surface area contributed by atoms with Crippen LogP contribution >= 0.6 is 15.9 Å². The molecule has 1 aromatic carbocycles. The van der Waals surface area contributed by atoms with E-state index in [-0.39, 0.29) is 0 Å². The molecule has 0 radical (unpaired) electrons. The van der Waals surface area contributed by atoms with Crippen molar-refractivity contribution in [1.82, 2.24) is 5.32 Å². The van der Waals surface area contributed by atoms with Crippen molar-refractivity contribution in [2.45, 2.75) is 52.5 Å². The molecule has 0 bridgehead atoms. The molecule has 0 heterocycles. The second kappa shape index (κ2) is 5.97. The summed E-state index contributed by atoms with van der Waals surface area (Å²) in [5.74, 6) is 1.45. The number of halogens is 1. The average Bonchev–Trinajstić information content (AvgIpc) is 2.29. The van der Waals surface area contributed by atoms with E-state index in [1.54, 1.807) is 0 Å². The molecule has 2 heteroatoms. The number of hydrogen-bond acceptors (Lipinski definition) is 1. The summed E-state index contributed by atoms with van der Waals surface area (Å²) in [6.07, 6.45) is 2.55. The van der Waals surface area contributed by atoms with Crippen LogP contribution in [0.1, 0.15) is 52.0 Å². The molecule has 1 aromatic rings. The van der Waals surface area contributed by atoms with Gasteiger partial charge in [-0.3, -0.25) is 0 Å². The van der Waals surface area contributed by atoms with Gasteiger partial charge in [0, 0.05) is 17.1 Å². The molecule has 0 unspecified atom stereocenters. The maximum Gasteiger partial charge on any atom is 0.0210 e. The summed E-state index contributed by atoms with van der Waals surface area (Å²) in [5.41, 5.74) is 1.86. The van der Waals surface area contributed by atoms with Crippen molar-refractivity contribution >= 4 is 15.9 Å². The first-order valence-corrected chi connectivity index (χ1v) is 8.17. The van der Waals surface area contributed by atoms with Gasteiger partial charge in [0.1, 0.15) is 0 Å². The lowest BCUT2D eigenvalue weighted by molar-refractivity contribution is 0.197. The molecule has 0 spiro atoms. The SMILES string of the molecule is CC(C)C(C)(C)CNC1CC(c2ccccc2Br)C1. The minimum absolute atomic E-state index is 0.387. The topological polar surface area (TPSA) is 12.0 Å². The molecule has 2 rings (SSSR count). The van der Waals surface area contributed by atoms with Gasteiger partial charge in [-0.15, -0.1) is 0 Å². The zero-order valence-corrected chi connectivity index (χ0v) is 14.1. The second-order valence-electron chi connectivity index (χ2n) is 6.91. The molecule has 0 amide bonds. The standard InChI is InChI=1S/C17H26BrN/c1-12(2)17(3,4)11-19-14-9-13(10-14)15-7-5-6-8-16(15)18/h5-8,12-14,19H,9-11H2,1-4H3. The van der Waals surface area contributed by atoms with E-state index in [0.717, 1.165) is 18.4 Å². The first-order chi connectivity index (χ1) is 8.90. The number of benzene rings is 1. The van der Waals surface area contributed by atoms with E-state index >= 15 is 0 Å². The molecule has 0 aromatic heterocycles. The van der Waals surface area contributed by atoms with Crippen LogP contribution in [0.4, 0.5) is 0 Å². The molecule has 1 N–H and O–H groups in total. The quantitative estimate of drug-likeness (QED) is 0.806. The lowest BCUT2D eigenvalue weighted by atomic mass is 9.74. The Morgan fingerprint density at radius 1 is 1.26 bits per heavy atom. The maximum atomic E-state index is 3.74. The highest BCUT2D eigenvalue weighted by atomic mass is 79.9. The summed E-state index contributed by atoms with van der Waals surface area (Å²) in [5, 5.41) is 3.74. The highest BCUT2D eigenvalue weighted by molar-refractivity contribution is 9.10. The van der Waals surface area contributed by atoms with Gasteiger partial charge in [-0.25, -0.2) is 0 Å². The number of rotatable bonds is 5. The summed E-state index contributed by atoms with van der Waals surface area (Å²) in [6.45, 7) is 10.5. The predicted molar refractivity (Wildman–Crippen MR) is 86.5 cm³/mol. The van der Waals surface area contributed by atoms with E-state index in [9.17, 15) is 0 Å². The monoisotopic (exact) mass is 323 g/mol. The fourth-order valence-corrected chi connectivity index (χ4v) is 3.06. The summed E-state index contributed by atoms with van der Waals surface area (Å²) >= 11 is 3.66. The molecule has 1 saturated carbocycles. The fraction of sp³-hybridized carbons (Fsp3) is 0.647. The van der Waals surface area contributed by atoms with Crippen molar-refractivity contribution in [3.8, 4) is 0 Å². The smallest absolute Gasteiger partial charge is 0.0210 e. The predicted octanol–water partition coefficient (Wildman–Crippen LogP) is 4.97. The number of hydrogen-bond donors (Lipinski definition) is 1. The fourth-order valence-electron chi connectivity index (χ4n) is 2.46. The largest absolute Gasteiger partial charge is 0.313 e. The van der Waals surface area contributed by atoms with E-state index in [1.165, 1.54) is 22.9 Å². The van der Waals surface area contributed by atoms with Crippen LogP contribution in [0.3, 0.4) is 0 Å². The summed E-state index contributed by atoms with van der Waals surface area (Å²) < 4.78 is 1.26. The Hall–Kier alpha value is -0.340. The van der Waals surface area contributed by atoms with Gasteiger partial charge in [0.05, 0.1) is 0 Å². The average molecular weight is 324 g/mol. The maximum absolute atomic E-state index is 3.74. The molecule has 0 atom stereocenters. The van der Waals surface area contributed by atoms with Crippen LogP contribution in [-0.2, 0) is 0 Å². The van der Waals surface area contributed by atoms with Crippen LogP contribution in [0.25, 0.3) is 0 Å². The molecule has 1 fully saturated rings. The number of nitrogens with one attached hydrogen (secondary N) is 1. The third-order valence-corrected chi connectivity index (χ3v) is 5.61. The molecule has 0 aliphatic heterocycles. The van der Waals surface area contributed by atoms with Crippen molar-refractivity contribution in [1.29, 1.82) is 0 Å². The minimum atomic E-state index is 0.387. The van der Waals surface area contributed by atoms with Gasteiger partial charge >= 0.3 is 0 Å². The molecular formula is C17H26BrN. The van der Waals surface area contributed by atoms with Crippen molar-refractivity contribution in [2.24, 2.45) is 11.3 Å². The Kier molecular flexibility index (Phi) is 4.73. The van der Waals surface area contributed by atoms with Gasteiger partial charge in [-0.2, -0.15) is 0 Å². The lowest BCUT2D eigenvalue weighted by Gasteiger charge is -2.40. The summed E-state index contributed by atoms with van der Waals surface area (Å²) in [4.78, 5) is 0. The van der Waals surface area contributed by atoms with E-state index in [2.05, 4.69) is 73.2 Å². The Balaban J connectivity index is 1.80. The Morgan fingerprint density at radius 2 is 1.89 bits per heavy atom. The Labute approximate surface area is 126 Å². The first kappa shape index (κ1) is 15.1. The highest BCUT2D eigenvalue weighted by Crippen LogP contribution is 2.40. The van der Waals surface area contributed by atoms with E-state index in [0.29, 0.717) is 11.5 Å². The van der Waals surface area contributed by atoms with Crippen LogP contribution in [0.5, 0.6) is 0 Å². The van der Waals surface area contributed by atoms with Gasteiger partial charge in [-0.1, -0.05) is 61.8 Å².